The predicted octanol–water partition coefficient (Wildman–Crippen LogP) is 1.18. The van der Waals surface area contributed by atoms with Crippen LogP contribution in [0.5, 0.6) is 0 Å². The van der Waals surface area contributed by atoms with Gasteiger partial charge in [0.15, 0.2) is 12.2 Å². The number of hydrogen-bond donors (Lipinski definition) is 5. The molecule has 9 heteroatoms. The van der Waals surface area contributed by atoms with E-state index in [1.54, 1.807) is 24.3 Å². The number of nitrogens with two attached hydrogens (primary N) is 1. The number of ether oxygens (including phenoxy) is 1. The number of carbonyl (C=O) groups is 2. The molecule has 2 amide bonds. The summed E-state index contributed by atoms with van der Waals surface area (Å²) in [5.74, 6) is -1.33. The van der Waals surface area contributed by atoms with Crippen LogP contribution in [0.15, 0.2) is 54.7 Å². The van der Waals surface area contributed by atoms with Gasteiger partial charge in [0.2, 0.25) is 0 Å². The van der Waals surface area contributed by atoms with Crippen molar-refractivity contribution in [3.63, 3.8) is 0 Å². The summed E-state index contributed by atoms with van der Waals surface area (Å²) in [6.45, 7) is 0.519. The summed E-state index contributed by atoms with van der Waals surface area (Å²) in [5.41, 5.74) is 7.94. The lowest BCUT2D eigenvalue weighted by molar-refractivity contribution is -0.150. The molecule has 2 aromatic carbocycles. The highest BCUT2D eigenvalue weighted by atomic mass is 16.5. The second-order valence-electron chi connectivity index (χ2n) is 6.96. The first-order chi connectivity index (χ1) is 14.4. The van der Waals surface area contributed by atoms with Crippen LogP contribution in [-0.2, 0) is 14.3 Å². The van der Waals surface area contributed by atoms with Crippen LogP contribution in [0.25, 0.3) is 10.9 Å². The summed E-state index contributed by atoms with van der Waals surface area (Å²) in [6, 6.07) is 13.7. The number of H-pyrrole nitrogens is 1. The van der Waals surface area contributed by atoms with Crippen LogP contribution in [0, 0.1) is 5.41 Å². The number of aromatic nitrogens is 1. The number of rotatable bonds is 5. The van der Waals surface area contributed by atoms with Crippen LogP contribution in [0.3, 0.4) is 0 Å². The van der Waals surface area contributed by atoms with Crippen LogP contribution < -0.4 is 16.0 Å². The first-order valence-electron chi connectivity index (χ1n) is 9.37. The van der Waals surface area contributed by atoms with E-state index in [1.807, 2.05) is 30.5 Å². The minimum Gasteiger partial charge on any atom is -0.384 e. The Balaban J connectivity index is 1.47. The number of aliphatic hydroxyl groups is 1. The molecule has 3 aromatic rings. The van der Waals surface area contributed by atoms with Gasteiger partial charge in [0, 0.05) is 40.6 Å². The normalized spacial score (nSPS) is 17.7. The molecule has 154 valence electrons. The lowest BCUT2D eigenvalue weighted by Gasteiger charge is -2.34. The fourth-order valence-electron chi connectivity index (χ4n) is 3.38. The molecule has 0 aliphatic carbocycles. The molecule has 4 rings (SSSR count). The molecule has 30 heavy (non-hydrogen) atoms. The van der Waals surface area contributed by atoms with E-state index in [4.69, 9.17) is 15.9 Å². The van der Waals surface area contributed by atoms with Crippen molar-refractivity contribution in [2.75, 3.05) is 23.4 Å². The molecule has 1 aliphatic heterocycles. The van der Waals surface area contributed by atoms with E-state index in [1.165, 1.54) is 4.90 Å². The van der Waals surface area contributed by atoms with Gasteiger partial charge in [-0.2, -0.15) is 0 Å². The van der Waals surface area contributed by atoms with E-state index in [0.717, 1.165) is 10.9 Å². The molecular formula is C21H21N5O4. The number of nitrogens with one attached hydrogen (secondary N) is 3. The fraction of sp³-hybridized carbons (Fsp3) is 0.190. The quantitative estimate of drug-likeness (QED) is 0.319. The monoisotopic (exact) mass is 407 g/mol. The zero-order valence-corrected chi connectivity index (χ0v) is 16.0. The number of morpholine rings is 1. The maximum Gasteiger partial charge on any atom is 0.259 e. The number of anilines is 2. The SMILES string of the molecule is N=C(N)c1ccc(NC(=O)[C@H](O)[C@H]2OCCN(c3ccc4[nH]ccc4c3)C2=O)cc1. The molecule has 1 fully saturated rings. The van der Waals surface area contributed by atoms with Crippen molar-refractivity contribution >= 4 is 39.9 Å². The zero-order chi connectivity index (χ0) is 21.3. The number of amides is 2. The molecule has 1 saturated heterocycles. The molecule has 0 spiro atoms. The summed E-state index contributed by atoms with van der Waals surface area (Å²) in [7, 11) is 0. The predicted molar refractivity (Wildman–Crippen MR) is 112 cm³/mol. The van der Waals surface area contributed by atoms with Crippen molar-refractivity contribution in [3.8, 4) is 0 Å². The lowest BCUT2D eigenvalue weighted by Crippen LogP contribution is -2.55. The van der Waals surface area contributed by atoms with Gasteiger partial charge in [-0.1, -0.05) is 0 Å². The first kappa shape index (κ1) is 19.6. The molecular weight excluding hydrogens is 386 g/mol. The van der Waals surface area contributed by atoms with Crippen molar-refractivity contribution < 1.29 is 19.4 Å². The van der Waals surface area contributed by atoms with E-state index in [2.05, 4.69) is 10.3 Å². The summed E-state index contributed by atoms with van der Waals surface area (Å²) in [6.07, 6.45) is -1.17. The number of nitrogen functional groups attached to an aromatic ring is 1. The number of carbonyl (C=O) groups excluding carboxylic acids is 2. The third-order valence-corrected chi connectivity index (χ3v) is 4.99. The number of hydrogen-bond acceptors (Lipinski definition) is 5. The molecule has 0 unspecified atom stereocenters. The third-order valence-electron chi connectivity index (χ3n) is 4.99. The van der Waals surface area contributed by atoms with Gasteiger partial charge in [-0.15, -0.1) is 0 Å². The molecule has 9 nitrogen and oxygen atoms in total. The Kier molecular flexibility index (Phi) is 5.21. The Morgan fingerprint density at radius 1 is 1.27 bits per heavy atom. The maximum absolute atomic E-state index is 12.9. The third kappa shape index (κ3) is 3.76. The minimum atomic E-state index is -1.68. The number of aromatic amines is 1. The molecule has 0 radical (unpaired) electrons. The maximum atomic E-state index is 12.9. The van der Waals surface area contributed by atoms with Crippen LogP contribution in [0.2, 0.25) is 0 Å². The average Bonchev–Trinajstić information content (AvgIpc) is 3.21. The highest BCUT2D eigenvalue weighted by Gasteiger charge is 2.39. The minimum absolute atomic E-state index is 0.0907. The van der Waals surface area contributed by atoms with E-state index in [-0.39, 0.29) is 12.4 Å². The number of benzene rings is 2. The first-order valence-corrected chi connectivity index (χ1v) is 9.37. The van der Waals surface area contributed by atoms with Gasteiger partial charge in [-0.25, -0.2) is 0 Å². The van der Waals surface area contributed by atoms with Gasteiger partial charge in [0.05, 0.1) is 6.61 Å². The standard InChI is InChI=1S/C21H21N5O4/c22-19(23)12-1-3-14(4-2-12)25-20(28)17(27)18-21(29)26(9-10-30-18)15-5-6-16-13(11-15)7-8-24-16/h1-8,11,17-18,24,27H,9-10H2,(H3,22,23)(H,25,28)/t17-,18-/m1/s1. The molecule has 2 atom stereocenters. The second kappa shape index (κ2) is 7.97. The number of nitrogens with zero attached hydrogens (tertiary/aromatic N) is 1. The largest absolute Gasteiger partial charge is 0.384 e. The van der Waals surface area contributed by atoms with E-state index in [0.29, 0.717) is 23.5 Å². The van der Waals surface area contributed by atoms with E-state index in [9.17, 15) is 14.7 Å². The molecule has 6 N–H and O–H groups in total. The highest BCUT2D eigenvalue weighted by molar-refractivity contribution is 6.04. The summed E-state index contributed by atoms with van der Waals surface area (Å²) >= 11 is 0. The smallest absolute Gasteiger partial charge is 0.259 e. The van der Waals surface area contributed by atoms with Crippen LogP contribution >= 0.6 is 0 Å². The van der Waals surface area contributed by atoms with Crippen molar-refractivity contribution in [2.45, 2.75) is 12.2 Å². The summed E-state index contributed by atoms with van der Waals surface area (Å²) < 4.78 is 5.43. The topological polar surface area (TPSA) is 145 Å². The zero-order valence-electron chi connectivity index (χ0n) is 16.0. The van der Waals surface area contributed by atoms with Crippen molar-refractivity contribution in [3.05, 3.63) is 60.3 Å². The van der Waals surface area contributed by atoms with Gasteiger partial charge in [0.1, 0.15) is 5.84 Å². The van der Waals surface area contributed by atoms with Gasteiger partial charge in [-0.3, -0.25) is 15.0 Å². The van der Waals surface area contributed by atoms with Crippen molar-refractivity contribution in [1.29, 1.82) is 5.41 Å². The molecule has 1 aromatic heterocycles. The Morgan fingerprint density at radius 2 is 2.03 bits per heavy atom. The van der Waals surface area contributed by atoms with Gasteiger partial charge >= 0.3 is 0 Å². The fourth-order valence-corrected chi connectivity index (χ4v) is 3.38. The van der Waals surface area contributed by atoms with E-state index < -0.39 is 24.0 Å². The van der Waals surface area contributed by atoms with E-state index >= 15 is 0 Å². The molecule has 0 saturated carbocycles. The molecule has 0 bridgehead atoms. The lowest BCUT2D eigenvalue weighted by atomic mass is 10.1. The number of fused-ring (bicyclic) bond motifs is 1. The molecule has 2 heterocycles. The Labute approximate surface area is 171 Å². The van der Waals surface area contributed by atoms with Crippen molar-refractivity contribution in [2.24, 2.45) is 5.73 Å². The summed E-state index contributed by atoms with van der Waals surface area (Å²) in [4.78, 5) is 30.0. The Morgan fingerprint density at radius 3 is 2.77 bits per heavy atom. The highest BCUT2D eigenvalue weighted by Crippen LogP contribution is 2.25. The summed E-state index contributed by atoms with van der Waals surface area (Å²) in [5, 5.41) is 21.4. The van der Waals surface area contributed by atoms with Crippen molar-refractivity contribution in [1.82, 2.24) is 4.98 Å². The second-order valence-corrected chi connectivity index (χ2v) is 6.96. The van der Waals surface area contributed by atoms with Gasteiger partial charge < -0.3 is 30.8 Å². The molecule has 1 aliphatic rings. The van der Waals surface area contributed by atoms with Crippen LogP contribution in [0.1, 0.15) is 5.56 Å². The van der Waals surface area contributed by atoms with Gasteiger partial charge in [-0.05, 0) is 48.5 Å². The number of amidine groups is 1. The van der Waals surface area contributed by atoms with Crippen LogP contribution in [-0.4, -0.2) is 53.1 Å². The average molecular weight is 407 g/mol. The Bertz CT molecular complexity index is 1110. The van der Waals surface area contributed by atoms with Gasteiger partial charge in [0.25, 0.3) is 11.8 Å². The van der Waals surface area contributed by atoms with Crippen LogP contribution in [0.4, 0.5) is 11.4 Å². The Hall–Kier alpha value is -3.69. The number of aliphatic hydroxyl groups excluding tert-OH is 1.